The van der Waals surface area contributed by atoms with Crippen molar-refractivity contribution >= 4 is 18.0 Å². The molecule has 0 bridgehead atoms. The molecule has 7 nitrogen and oxygen atoms in total. The Kier molecular flexibility index (Phi) is 11.0. The minimum absolute atomic E-state index is 0.0719. The van der Waals surface area contributed by atoms with Gasteiger partial charge in [0.2, 0.25) is 0 Å². The number of urea groups is 1. The second-order valence-electron chi connectivity index (χ2n) is 10.2. The van der Waals surface area contributed by atoms with Gasteiger partial charge < -0.3 is 19.7 Å². The number of nitrogens with zero attached hydrogens (tertiary/aromatic N) is 1. The number of nitrogens with one attached hydrogen (secondary N) is 1. The van der Waals surface area contributed by atoms with Gasteiger partial charge in [0.1, 0.15) is 11.6 Å². The van der Waals surface area contributed by atoms with Crippen LogP contribution in [0.4, 0.5) is 4.79 Å². The second kappa shape index (κ2) is 13.7. The molecule has 36 heavy (non-hydrogen) atoms. The number of benzene rings is 2. The monoisotopic (exact) mass is 496 g/mol. The number of rotatable bonds is 11. The van der Waals surface area contributed by atoms with Crippen LogP contribution >= 0.6 is 0 Å². The van der Waals surface area contributed by atoms with Crippen LogP contribution in [0, 0.1) is 5.92 Å². The third-order valence-corrected chi connectivity index (χ3v) is 5.25. The molecule has 2 aromatic rings. The summed E-state index contributed by atoms with van der Waals surface area (Å²) in [5, 5.41) is 2.83. The van der Waals surface area contributed by atoms with Crippen molar-refractivity contribution < 1.29 is 23.9 Å². The first-order chi connectivity index (χ1) is 17.0. The maximum Gasteiger partial charge on any atom is 0.329 e. The van der Waals surface area contributed by atoms with Crippen LogP contribution < -0.4 is 5.32 Å². The Hall–Kier alpha value is -3.35. The highest BCUT2D eigenvalue weighted by molar-refractivity contribution is 5.84. The first kappa shape index (κ1) is 28.9. The molecule has 0 unspecified atom stereocenters. The van der Waals surface area contributed by atoms with Crippen LogP contribution in [0.15, 0.2) is 54.6 Å². The van der Waals surface area contributed by atoms with Crippen molar-refractivity contribution in [1.82, 2.24) is 10.2 Å². The molecule has 0 saturated heterocycles. The van der Waals surface area contributed by atoms with Crippen LogP contribution in [0.5, 0.6) is 0 Å². The molecule has 1 atom stereocenters. The zero-order valence-corrected chi connectivity index (χ0v) is 22.4. The molecule has 0 aliphatic carbocycles. The van der Waals surface area contributed by atoms with Gasteiger partial charge in [-0.3, -0.25) is 4.79 Å². The third-order valence-electron chi connectivity index (χ3n) is 5.25. The van der Waals surface area contributed by atoms with E-state index in [9.17, 15) is 14.4 Å². The van der Waals surface area contributed by atoms with E-state index in [2.05, 4.69) is 5.32 Å². The van der Waals surface area contributed by atoms with E-state index < -0.39 is 23.6 Å². The Labute approximate surface area is 215 Å². The largest absolute Gasteiger partial charge is 0.464 e. The highest BCUT2D eigenvalue weighted by Crippen LogP contribution is 2.20. The molecular formula is C29H40N2O5. The van der Waals surface area contributed by atoms with Crippen LogP contribution in [0.2, 0.25) is 0 Å². The first-order valence-electron chi connectivity index (χ1n) is 12.6. The van der Waals surface area contributed by atoms with E-state index in [-0.39, 0.29) is 31.5 Å². The van der Waals surface area contributed by atoms with Gasteiger partial charge in [-0.1, -0.05) is 68.4 Å². The van der Waals surface area contributed by atoms with E-state index in [0.717, 1.165) is 16.7 Å². The zero-order chi connectivity index (χ0) is 26.7. The molecule has 0 aliphatic rings. The predicted molar refractivity (Wildman–Crippen MR) is 141 cm³/mol. The Balaban J connectivity index is 2.11. The van der Waals surface area contributed by atoms with Gasteiger partial charge in [0.05, 0.1) is 13.0 Å². The quantitative estimate of drug-likeness (QED) is 0.431. The molecule has 0 aromatic heterocycles. The highest BCUT2D eigenvalue weighted by atomic mass is 16.6. The number of carbonyl (C=O) groups is 3. The van der Waals surface area contributed by atoms with Gasteiger partial charge in [-0.05, 0) is 50.3 Å². The van der Waals surface area contributed by atoms with E-state index in [1.807, 2.05) is 68.4 Å². The molecule has 7 heteroatoms. The lowest BCUT2D eigenvalue weighted by Crippen LogP contribution is -2.50. The highest BCUT2D eigenvalue weighted by Gasteiger charge is 2.26. The number of ether oxygens (including phenoxy) is 2. The fraction of sp³-hybridized carbons (Fsp3) is 0.483. The lowest BCUT2D eigenvalue weighted by Gasteiger charge is -2.28. The topological polar surface area (TPSA) is 84.9 Å². The summed E-state index contributed by atoms with van der Waals surface area (Å²) in [7, 11) is 0. The number of hydrogen-bond acceptors (Lipinski definition) is 5. The third kappa shape index (κ3) is 10.1. The normalized spacial score (nSPS) is 12.1. The Morgan fingerprint density at radius 2 is 1.56 bits per heavy atom. The zero-order valence-electron chi connectivity index (χ0n) is 22.4. The SMILES string of the molecule is CCOC(=O)[C@H](Cc1ccc(-c2ccccc2)cc1)NC(=O)N(CCC(=O)OC(C)(C)C)CC(C)C. The fourth-order valence-electron chi connectivity index (χ4n) is 3.71. The van der Waals surface area contributed by atoms with Crippen LogP contribution in [-0.4, -0.2) is 54.2 Å². The van der Waals surface area contributed by atoms with Crippen LogP contribution in [-0.2, 0) is 25.5 Å². The number of hydrogen-bond donors (Lipinski definition) is 1. The summed E-state index contributed by atoms with van der Waals surface area (Å²) in [5.41, 5.74) is 2.49. The standard InChI is InChI=1S/C29H40N2O5/c1-7-35-27(33)25(19-22-13-15-24(16-14-22)23-11-9-8-10-12-23)30-28(34)31(20-21(2)3)18-17-26(32)36-29(4,5)6/h8-16,21,25H,7,17-20H2,1-6H3,(H,30,34)/t25-/m0/s1. The molecule has 0 aliphatic heterocycles. The molecule has 0 radical (unpaired) electrons. The molecule has 0 heterocycles. The number of carbonyl (C=O) groups excluding carboxylic acids is 3. The smallest absolute Gasteiger partial charge is 0.329 e. The van der Waals surface area contributed by atoms with Gasteiger partial charge in [0, 0.05) is 19.5 Å². The molecular weight excluding hydrogens is 456 g/mol. The summed E-state index contributed by atoms with van der Waals surface area (Å²) in [6, 6.07) is 16.7. The molecule has 0 spiro atoms. The summed E-state index contributed by atoms with van der Waals surface area (Å²) in [6.45, 7) is 12.0. The van der Waals surface area contributed by atoms with Gasteiger partial charge in [-0.15, -0.1) is 0 Å². The van der Waals surface area contributed by atoms with E-state index in [0.29, 0.717) is 13.0 Å². The maximum absolute atomic E-state index is 13.2. The lowest BCUT2D eigenvalue weighted by atomic mass is 10.0. The van der Waals surface area contributed by atoms with E-state index in [4.69, 9.17) is 9.47 Å². The Bertz CT molecular complexity index is 981. The van der Waals surface area contributed by atoms with Gasteiger partial charge in [0.15, 0.2) is 0 Å². The van der Waals surface area contributed by atoms with Crippen molar-refractivity contribution in [2.24, 2.45) is 5.92 Å². The molecule has 0 fully saturated rings. The van der Waals surface area contributed by atoms with Gasteiger partial charge in [-0.25, -0.2) is 9.59 Å². The molecule has 2 amide bonds. The van der Waals surface area contributed by atoms with Crippen molar-refractivity contribution in [1.29, 1.82) is 0 Å². The van der Waals surface area contributed by atoms with Crippen LogP contribution in [0.25, 0.3) is 11.1 Å². The molecule has 2 rings (SSSR count). The van der Waals surface area contributed by atoms with Crippen molar-refractivity contribution in [3.05, 3.63) is 60.2 Å². The maximum atomic E-state index is 13.2. The van der Waals surface area contributed by atoms with E-state index in [1.165, 1.54) is 0 Å². The Morgan fingerprint density at radius 3 is 2.11 bits per heavy atom. The molecule has 2 aromatic carbocycles. The van der Waals surface area contributed by atoms with Crippen molar-refractivity contribution in [2.45, 2.75) is 66.0 Å². The minimum atomic E-state index is -0.851. The van der Waals surface area contributed by atoms with Crippen molar-refractivity contribution in [3.63, 3.8) is 0 Å². The molecule has 0 saturated carbocycles. The Morgan fingerprint density at radius 1 is 0.944 bits per heavy atom. The number of esters is 2. The van der Waals surface area contributed by atoms with E-state index >= 15 is 0 Å². The fourth-order valence-corrected chi connectivity index (χ4v) is 3.71. The van der Waals surface area contributed by atoms with Crippen LogP contribution in [0.3, 0.4) is 0 Å². The summed E-state index contributed by atoms with van der Waals surface area (Å²) in [6.07, 6.45) is 0.365. The summed E-state index contributed by atoms with van der Waals surface area (Å²) in [5.74, 6) is -0.680. The average molecular weight is 497 g/mol. The van der Waals surface area contributed by atoms with Crippen molar-refractivity contribution in [3.8, 4) is 11.1 Å². The molecule has 196 valence electrons. The first-order valence-corrected chi connectivity index (χ1v) is 12.6. The minimum Gasteiger partial charge on any atom is -0.464 e. The lowest BCUT2D eigenvalue weighted by molar-refractivity contribution is -0.155. The number of amides is 2. The van der Waals surface area contributed by atoms with Gasteiger partial charge in [-0.2, -0.15) is 0 Å². The average Bonchev–Trinajstić information content (AvgIpc) is 2.81. The summed E-state index contributed by atoms with van der Waals surface area (Å²) < 4.78 is 10.6. The van der Waals surface area contributed by atoms with Crippen LogP contribution in [0.1, 0.15) is 53.5 Å². The summed E-state index contributed by atoms with van der Waals surface area (Å²) >= 11 is 0. The predicted octanol–water partition coefficient (Wildman–Crippen LogP) is 5.23. The second-order valence-corrected chi connectivity index (χ2v) is 10.2. The van der Waals surface area contributed by atoms with E-state index in [1.54, 1.807) is 32.6 Å². The molecule has 1 N–H and O–H groups in total. The van der Waals surface area contributed by atoms with Gasteiger partial charge in [0.25, 0.3) is 0 Å². The van der Waals surface area contributed by atoms with Gasteiger partial charge >= 0.3 is 18.0 Å². The summed E-state index contributed by atoms with van der Waals surface area (Å²) in [4.78, 5) is 39.6. The van der Waals surface area contributed by atoms with Crippen molar-refractivity contribution in [2.75, 3.05) is 19.7 Å².